The van der Waals surface area contributed by atoms with Crippen molar-refractivity contribution >= 4 is 29.2 Å². The first-order chi connectivity index (χ1) is 12.5. The van der Waals surface area contributed by atoms with Crippen molar-refractivity contribution in [3.8, 4) is 0 Å². The van der Waals surface area contributed by atoms with E-state index >= 15 is 0 Å². The van der Waals surface area contributed by atoms with Gasteiger partial charge in [-0.2, -0.15) is 0 Å². The van der Waals surface area contributed by atoms with Gasteiger partial charge < -0.3 is 20.4 Å². The highest BCUT2D eigenvalue weighted by molar-refractivity contribution is 5.98. The van der Waals surface area contributed by atoms with Crippen molar-refractivity contribution in [2.45, 2.75) is 44.2 Å². The molecule has 1 atom stereocenters. The quantitative estimate of drug-likeness (QED) is 0.860. The van der Waals surface area contributed by atoms with E-state index in [-0.39, 0.29) is 17.5 Å². The average molecular weight is 360 g/mol. The molecule has 1 aromatic rings. The summed E-state index contributed by atoms with van der Waals surface area (Å²) in [5.41, 5.74) is 0.547. The molecule has 0 unspecified atom stereocenters. The molecule has 4 rings (SSSR count). The molecule has 0 bridgehead atoms. The highest BCUT2D eigenvalue weighted by Crippen LogP contribution is 2.31. The van der Waals surface area contributed by atoms with Crippen molar-refractivity contribution in [2.24, 2.45) is 0 Å². The molecule has 4 amide bonds. The predicted octanol–water partition coefficient (Wildman–Crippen LogP) is 1.84. The maximum absolute atomic E-state index is 14.1. The number of carbonyl (C=O) groups excluding carboxylic acids is 3. The first-order valence-electron chi connectivity index (χ1n) is 9.01. The van der Waals surface area contributed by atoms with Crippen LogP contribution >= 0.6 is 0 Å². The molecule has 0 aromatic heterocycles. The summed E-state index contributed by atoms with van der Waals surface area (Å²) < 4.78 is 14.1. The van der Waals surface area contributed by atoms with Gasteiger partial charge in [0.05, 0.1) is 5.69 Å². The van der Waals surface area contributed by atoms with Gasteiger partial charge in [0.1, 0.15) is 11.9 Å². The van der Waals surface area contributed by atoms with E-state index in [0.717, 1.165) is 19.3 Å². The van der Waals surface area contributed by atoms with E-state index in [9.17, 15) is 18.8 Å². The van der Waals surface area contributed by atoms with Gasteiger partial charge in [-0.15, -0.1) is 0 Å². The van der Waals surface area contributed by atoms with Crippen LogP contribution in [0.4, 0.5) is 20.6 Å². The lowest BCUT2D eigenvalue weighted by atomic mass is 10.2. The summed E-state index contributed by atoms with van der Waals surface area (Å²) in [6.45, 7) is 1.24. The Morgan fingerprint density at radius 1 is 1.15 bits per heavy atom. The molecule has 26 heavy (non-hydrogen) atoms. The molecular formula is C18H21FN4O3. The normalized spacial score (nSPS) is 22.9. The zero-order valence-electron chi connectivity index (χ0n) is 14.3. The fraction of sp³-hybridized carbons (Fsp3) is 0.500. The molecule has 3 fully saturated rings. The summed E-state index contributed by atoms with van der Waals surface area (Å²) in [5, 5.41) is 5.09. The molecule has 1 aromatic carbocycles. The second-order valence-corrected chi connectivity index (χ2v) is 7.02. The van der Waals surface area contributed by atoms with Crippen LogP contribution < -0.4 is 15.5 Å². The van der Waals surface area contributed by atoms with Crippen LogP contribution in [0.3, 0.4) is 0 Å². The Bertz CT molecular complexity index is 765. The lowest BCUT2D eigenvalue weighted by molar-refractivity contribution is -0.129. The van der Waals surface area contributed by atoms with Crippen molar-refractivity contribution in [1.82, 2.24) is 10.2 Å². The van der Waals surface area contributed by atoms with E-state index in [1.807, 2.05) is 4.90 Å². The molecular weight excluding hydrogens is 339 g/mol. The number of benzene rings is 1. The van der Waals surface area contributed by atoms with E-state index in [1.165, 1.54) is 18.2 Å². The van der Waals surface area contributed by atoms with Gasteiger partial charge in [0.25, 0.3) is 0 Å². The number of urea groups is 1. The topological polar surface area (TPSA) is 81.8 Å². The first kappa shape index (κ1) is 16.8. The zero-order chi connectivity index (χ0) is 18.3. The molecule has 8 heteroatoms. The smallest absolute Gasteiger partial charge is 0.319 e. The monoisotopic (exact) mass is 360 g/mol. The number of nitrogens with one attached hydrogen (secondary N) is 2. The van der Waals surface area contributed by atoms with Crippen LogP contribution in [0.15, 0.2) is 18.2 Å². The number of likely N-dealkylation sites (tertiary alicyclic amines) is 1. The molecule has 0 spiro atoms. The standard InChI is InChI=1S/C18H21FN4O3/c19-13-6-5-12(22-8-1-2-16(22)24)10-15(13)21-18(26)20-14-7-9-23(17(14)25)11-3-4-11/h5-6,10-11,14H,1-4,7-9H2,(H2,20,21,26)/t14-/m1/s1. The molecule has 1 aliphatic carbocycles. The number of amides is 4. The predicted molar refractivity (Wildman–Crippen MR) is 93.3 cm³/mol. The Morgan fingerprint density at radius 2 is 1.96 bits per heavy atom. The zero-order valence-corrected chi connectivity index (χ0v) is 14.3. The summed E-state index contributed by atoms with van der Waals surface area (Å²) in [7, 11) is 0. The van der Waals surface area contributed by atoms with Crippen molar-refractivity contribution < 1.29 is 18.8 Å². The summed E-state index contributed by atoms with van der Waals surface area (Å²) in [6.07, 6.45) is 3.85. The molecule has 7 nitrogen and oxygen atoms in total. The average Bonchev–Trinajstić information content (AvgIpc) is 3.27. The van der Waals surface area contributed by atoms with Crippen LogP contribution in [-0.2, 0) is 9.59 Å². The molecule has 2 aliphatic heterocycles. The van der Waals surface area contributed by atoms with Crippen molar-refractivity contribution in [2.75, 3.05) is 23.3 Å². The molecule has 2 saturated heterocycles. The number of rotatable bonds is 4. The van der Waals surface area contributed by atoms with Crippen LogP contribution in [-0.4, -0.2) is 47.9 Å². The van der Waals surface area contributed by atoms with Crippen LogP contribution in [0, 0.1) is 5.82 Å². The fourth-order valence-corrected chi connectivity index (χ4v) is 3.60. The minimum atomic E-state index is -0.621. The van der Waals surface area contributed by atoms with Gasteiger partial charge in [0, 0.05) is 31.2 Å². The fourth-order valence-electron chi connectivity index (χ4n) is 3.60. The summed E-state index contributed by atoms with van der Waals surface area (Å²) in [5.74, 6) is -0.670. The van der Waals surface area contributed by atoms with Crippen molar-refractivity contribution in [1.29, 1.82) is 0 Å². The van der Waals surface area contributed by atoms with E-state index < -0.39 is 17.9 Å². The Morgan fingerprint density at radius 3 is 2.65 bits per heavy atom. The van der Waals surface area contributed by atoms with Gasteiger partial charge in [-0.3, -0.25) is 9.59 Å². The lowest BCUT2D eigenvalue weighted by Gasteiger charge is -2.18. The van der Waals surface area contributed by atoms with E-state index in [1.54, 1.807) is 4.90 Å². The summed E-state index contributed by atoms with van der Waals surface area (Å²) in [4.78, 5) is 39.7. The molecule has 1 saturated carbocycles. The van der Waals surface area contributed by atoms with Gasteiger partial charge in [-0.1, -0.05) is 0 Å². The molecule has 2 heterocycles. The van der Waals surface area contributed by atoms with Crippen molar-refractivity contribution in [3.05, 3.63) is 24.0 Å². The molecule has 2 N–H and O–H groups in total. The second kappa shape index (κ2) is 6.59. The van der Waals surface area contributed by atoms with Crippen LogP contribution in [0.5, 0.6) is 0 Å². The van der Waals surface area contributed by atoms with E-state index in [0.29, 0.717) is 37.7 Å². The number of nitrogens with zero attached hydrogens (tertiary/aromatic N) is 2. The summed E-state index contributed by atoms with van der Waals surface area (Å²) >= 11 is 0. The first-order valence-corrected chi connectivity index (χ1v) is 9.01. The minimum Gasteiger partial charge on any atom is -0.338 e. The third kappa shape index (κ3) is 3.23. The van der Waals surface area contributed by atoms with Gasteiger partial charge in [-0.25, -0.2) is 9.18 Å². The number of anilines is 2. The largest absolute Gasteiger partial charge is 0.338 e. The van der Waals surface area contributed by atoms with Gasteiger partial charge in [0.2, 0.25) is 11.8 Å². The minimum absolute atomic E-state index is 0.0100. The highest BCUT2D eigenvalue weighted by atomic mass is 19.1. The van der Waals surface area contributed by atoms with Gasteiger partial charge in [-0.05, 0) is 43.9 Å². The number of hydrogen-bond donors (Lipinski definition) is 2. The van der Waals surface area contributed by atoms with Crippen LogP contribution in [0.2, 0.25) is 0 Å². The Kier molecular flexibility index (Phi) is 4.26. The van der Waals surface area contributed by atoms with E-state index in [2.05, 4.69) is 10.6 Å². The lowest BCUT2D eigenvalue weighted by Crippen LogP contribution is -2.43. The Labute approximate surface area is 150 Å². The number of halogens is 1. The van der Waals surface area contributed by atoms with Gasteiger partial charge >= 0.3 is 6.03 Å². The van der Waals surface area contributed by atoms with Crippen LogP contribution in [0.25, 0.3) is 0 Å². The highest BCUT2D eigenvalue weighted by Gasteiger charge is 2.40. The second-order valence-electron chi connectivity index (χ2n) is 7.02. The number of hydrogen-bond acceptors (Lipinski definition) is 3. The SMILES string of the molecule is O=C(Nc1cc(N2CCCC2=O)ccc1F)N[C@@H]1CCN(C2CC2)C1=O. The molecule has 0 radical (unpaired) electrons. The summed E-state index contributed by atoms with van der Waals surface area (Å²) in [6, 6.07) is 3.34. The number of carbonyl (C=O) groups is 3. The Hall–Kier alpha value is -2.64. The van der Waals surface area contributed by atoms with Gasteiger partial charge in [0.15, 0.2) is 0 Å². The van der Waals surface area contributed by atoms with Crippen molar-refractivity contribution in [3.63, 3.8) is 0 Å². The third-order valence-electron chi connectivity index (χ3n) is 5.12. The van der Waals surface area contributed by atoms with E-state index in [4.69, 9.17) is 0 Å². The van der Waals surface area contributed by atoms with Crippen LogP contribution in [0.1, 0.15) is 32.1 Å². The maximum Gasteiger partial charge on any atom is 0.319 e. The molecule has 138 valence electrons. The third-order valence-corrected chi connectivity index (χ3v) is 5.12. The Balaban J connectivity index is 1.41. The molecule has 3 aliphatic rings. The maximum atomic E-state index is 14.1.